The Morgan fingerprint density at radius 3 is 2.83 bits per heavy atom. The zero-order chi connectivity index (χ0) is 17.4. The Morgan fingerprint density at radius 1 is 1.29 bits per heavy atom. The molecule has 132 valence electrons. The van der Waals surface area contributed by atoms with E-state index >= 15 is 0 Å². The number of amides is 2. The van der Waals surface area contributed by atoms with Gasteiger partial charge in [-0.3, -0.25) is 9.59 Å². The van der Waals surface area contributed by atoms with Gasteiger partial charge in [-0.2, -0.15) is 11.8 Å². The number of thioether (sulfide) groups is 1. The summed E-state index contributed by atoms with van der Waals surface area (Å²) in [5.41, 5.74) is 2.56. The number of fused-ring (bicyclic) bond motifs is 1. The molecule has 2 atom stereocenters. The summed E-state index contributed by atoms with van der Waals surface area (Å²) in [6.45, 7) is 1.81. The molecule has 0 aliphatic heterocycles. The molecule has 2 amide bonds. The van der Waals surface area contributed by atoms with Crippen molar-refractivity contribution in [1.29, 1.82) is 0 Å². The van der Waals surface area contributed by atoms with Gasteiger partial charge >= 0.3 is 0 Å². The molecule has 0 heterocycles. The summed E-state index contributed by atoms with van der Waals surface area (Å²) in [5.74, 6) is 0.716. The summed E-state index contributed by atoms with van der Waals surface area (Å²) in [6.07, 6.45) is 7.37. The predicted molar refractivity (Wildman–Crippen MR) is 100 cm³/mol. The Labute approximate surface area is 149 Å². The largest absolute Gasteiger partial charge is 0.348 e. The lowest BCUT2D eigenvalue weighted by atomic mass is 9.98. The first-order valence-corrected chi connectivity index (χ1v) is 10.2. The molecule has 0 saturated heterocycles. The normalized spacial score (nSPS) is 18.2. The van der Waals surface area contributed by atoms with Crippen LogP contribution in [0.1, 0.15) is 56.2 Å². The molecule has 0 aromatic heterocycles. The second-order valence-electron chi connectivity index (χ2n) is 6.26. The van der Waals surface area contributed by atoms with E-state index in [-0.39, 0.29) is 17.9 Å². The molecule has 2 rings (SSSR count). The Hall–Kier alpha value is -1.49. The first-order valence-electron chi connectivity index (χ1n) is 8.82. The van der Waals surface area contributed by atoms with Gasteiger partial charge in [0.25, 0.3) is 0 Å². The number of rotatable bonds is 7. The number of nitrogens with one attached hydrogen (secondary N) is 2. The van der Waals surface area contributed by atoms with Gasteiger partial charge in [-0.05, 0) is 48.8 Å². The lowest BCUT2D eigenvalue weighted by Gasteiger charge is -2.24. The monoisotopic (exact) mass is 348 g/mol. The van der Waals surface area contributed by atoms with Gasteiger partial charge < -0.3 is 10.6 Å². The average molecular weight is 349 g/mol. The van der Waals surface area contributed by atoms with E-state index in [9.17, 15) is 9.59 Å². The number of carbonyl (C=O) groups excluding carboxylic acids is 2. The maximum Gasteiger partial charge on any atom is 0.243 e. The first-order chi connectivity index (χ1) is 11.7. The highest BCUT2D eigenvalue weighted by Gasteiger charge is 2.25. The van der Waals surface area contributed by atoms with E-state index in [1.165, 1.54) is 11.1 Å². The molecule has 0 spiro atoms. The van der Waals surface area contributed by atoms with Gasteiger partial charge in [0.05, 0.1) is 6.04 Å². The molecule has 2 N–H and O–H groups in total. The van der Waals surface area contributed by atoms with Crippen molar-refractivity contribution >= 4 is 23.6 Å². The van der Waals surface area contributed by atoms with E-state index in [1.807, 2.05) is 12.3 Å². The Balaban J connectivity index is 2.08. The molecule has 0 radical (unpaired) electrons. The van der Waals surface area contributed by atoms with Crippen LogP contribution in [0.4, 0.5) is 0 Å². The maximum absolute atomic E-state index is 12.8. The van der Waals surface area contributed by atoms with Crippen LogP contribution < -0.4 is 10.6 Å². The summed E-state index contributed by atoms with van der Waals surface area (Å²) >= 11 is 1.69. The predicted octanol–water partition coefficient (Wildman–Crippen LogP) is 3.22. The fourth-order valence-corrected chi connectivity index (χ4v) is 3.62. The molecule has 0 fully saturated rings. The average Bonchev–Trinajstić information content (AvgIpc) is 2.80. The molecule has 0 saturated carbocycles. The third kappa shape index (κ3) is 5.26. The van der Waals surface area contributed by atoms with E-state index in [2.05, 4.69) is 28.8 Å². The molecule has 2 unspecified atom stereocenters. The minimum atomic E-state index is -0.444. The Morgan fingerprint density at radius 2 is 2.08 bits per heavy atom. The Kier molecular flexibility index (Phi) is 7.63. The quantitative estimate of drug-likeness (QED) is 0.744. The topological polar surface area (TPSA) is 58.2 Å². The van der Waals surface area contributed by atoms with Crippen molar-refractivity contribution in [2.45, 2.75) is 57.5 Å². The molecule has 0 bridgehead atoms. The number of carbonyl (C=O) groups is 2. The van der Waals surface area contributed by atoms with Crippen molar-refractivity contribution in [3.8, 4) is 0 Å². The van der Waals surface area contributed by atoms with Gasteiger partial charge in [-0.25, -0.2) is 0 Å². The van der Waals surface area contributed by atoms with Crippen LogP contribution in [-0.2, 0) is 16.0 Å². The zero-order valence-corrected chi connectivity index (χ0v) is 15.5. The molecule has 24 heavy (non-hydrogen) atoms. The number of hydrogen-bond donors (Lipinski definition) is 2. The van der Waals surface area contributed by atoms with Crippen molar-refractivity contribution in [3.05, 3.63) is 35.4 Å². The van der Waals surface area contributed by atoms with E-state index in [4.69, 9.17) is 0 Å². The molecule has 1 aromatic rings. The van der Waals surface area contributed by atoms with E-state index in [1.54, 1.807) is 18.7 Å². The van der Waals surface area contributed by atoms with Gasteiger partial charge in [0, 0.05) is 6.42 Å². The van der Waals surface area contributed by atoms with E-state index < -0.39 is 6.04 Å². The summed E-state index contributed by atoms with van der Waals surface area (Å²) in [5, 5.41) is 6.06. The summed E-state index contributed by atoms with van der Waals surface area (Å²) < 4.78 is 0. The summed E-state index contributed by atoms with van der Waals surface area (Å²) in [7, 11) is 0. The lowest BCUT2D eigenvalue weighted by molar-refractivity contribution is -0.129. The lowest BCUT2D eigenvalue weighted by Crippen LogP contribution is -2.47. The minimum Gasteiger partial charge on any atom is -0.348 e. The van der Waals surface area contributed by atoms with Gasteiger partial charge in [0.15, 0.2) is 0 Å². The van der Waals surface area contributed by atoms with Gasteiger partial charge in [-0.15, -0.1) is 0 Å². The molecule has 1 aromatic carbocycles. The number of benzene rings is 1. The fourth-order valence-electron chi connectivity index (χ4n) is 3.14. The Bertz CT molecular complexity index is 562. The highest BCUT2D eigenvalue weighted by molar-refractivity contribution is 7.98. The zero-order valence-electron chi connectivity index (χ0n) is 14.6. The molecule has 1 aliphatic rings. The summed E-state index contributed by atoms with van der Waals surface area (Å²) in [6, 6.07) is 7.97. The van der Waals surface area contributed by atoms with Crippen LogP contribution in [0.3, 0.4) is 0 Å². The van der Waals surface area contributed by atoms with Crippen LogP contribution >= 0.6 is 11.8 Å². The van der Waals surface area contributed by atoms with Gasteiger partial charge in [-0.1, -0.05) is 37.6 Å². The second-order valence-corrected chi connectivity index (χ2v) is 7.25. The van der Waals surface area contributed by atoms with E-state index in [0.717, 1.165) is 31.4 Å². The van der Waals surface area contributed by atoms with Crippen molar-refractivity contribution in [1.82, 2.24) is 10.6 Å². The third-order valence-electron chi connectivity index (χ3n) is 4.52. The van der Waals surface area contributed by atoms with Crippen LogP contribution in [-0.4, -0.2) is 29.9 Å². The molecular formula is C19H28N2O2S. The van der Waals surface area contributed by atoms with Gasteiger partial charge in [0.2, 0.25) is 11.8 Å². The molecule has 4 nitrogen and oxygen atoms in total. The highest BCUT2D eigenvalue weighted by Crippen LogP contribution is 2.28. The third-order valence-corrected chi connectivity index (χ3v) is 5.16. The van der Waals surface area contributed by atoms with Gasteiger partial charge in [0.1, 0.15) is 6.04 Å². The fraction of sp³-hybridized carbons (Fsp3) is 0.579. The first kappa shape index (κ1) is 18.8. The van der Waals surface area contributed by atoms with Crippen LogP contribution in [0.5, 0.6) is 0 Å². The number of aryl methyl sites for hydroxylation is 1. The van der Waals surface area contributed by atoms with Crippen molar-refractivity contribution in [2.75, 3.05) is 12.0 Å². The second kappa shape index (κ2) is 9.72. The van der Waals surface area contributed by atoms with Crippen molar-refractivity contribution in [2.24, 2.45) is 0 Å². The van der Waals surface area contributed by atoms with Crippen LogP contribution in [0.15, 0.2) is 24.3 Å². The molecule has 5 heteroatoms. The standard InChI is InChI=1S/C19H28N2O2S/c1-3-18(22)20-17(12-13-24-2)19(23)21-16-11-7-5-9-14-8-4-6-10-15(14)16/h4,6,8,10,16-17H,3,5,7,9,11-13H2,1-2H3,(H,20,22)(H,21,23). The molecule has 1 aliphatic carbocycles. The number of hydrogen-bond acceptors (Lipinski definition) is 3. The highest BCUT2D eigenvalue weighted by atomic mass is 32.2. The van der Waals surface area contributed by atoms with Crippen molar-refractivity contribution < 1.29 is 9.59 Å². The smallest absolute Gasteiger partial charge is 0.243 e. The van der Waals surface area contributed by atoms with Crippen LogP contribution in [0, 0.1) is 0 Å². The van der Waals surface area contributed by atoms with Crippen LogP contribution in [0.25, 0.3) is 0 Å². The van der Waals surface area contributed by atoms with E-state index in [0.29, 0.717) is 12.8 Å². The maximum atomic E-state index is 12.8. The molecular weight excluding hydrogens is 320 g/mol. The minimum absolute atomic E-state index is 0.0477. The van der Waals surface area contributed by atoms with Crippen molar-refractivity contribution in [3.63, 3.8) is 0 Å². The summed E-state index contributed by atoms with van der Waals surface area (Å²) in [4.78, 5) is 24.5. The van der Waals surface area contributed by atoms with Crippen LogP contribution in [0.2, 0.25) is 0 Å². The SMILES string of the molecule is CCC(=O)NC(CCSC)C(=O)NC1CCCCc2ccccc21.